The van der Waals surface area contributed by atoms with E-state index in [4.69, 9.17) is 0 Å². The Hall–Kier alpha value is -1.84. The molecule has 0 saturated heterocycles. The van der Waals surface area contributed by atoms with Crippen LogP contribution in [0.1, 0.15) is 11.1 Å². The Balaban J connectivity index is 2.06. The van der Waals surface area contributed by atoms with Crippen molar-refractivity contribution in [1.29, 1.82) is 0 Å². The van der Waals surface area contributed by atoms with Gasteiger partial charge < -0.3 is 14.9 Å². The summed E-state index contributed by atoms with van der Waals surface area (Å²) < 4.78 is 0. The molecule has 2 rings (SSSR count). The number of para-hydroxylation sites is 1. The van der Waals surface area contributed by atoms with E-state index in [2.05, 4.69) is 44.4 Å². The molecule has 21 heavy (non-hydrogen) atoms. The first-order chi connectivity index (χ1) is 10.1. The van der Waals surface area contributed by atoms with Crippen molar-refractivity contribution in [2.24, 2.45) is 0 Å². The van der Waals surface area contributed by atoms with Gasteiger partial charge in [0.05, 0.1) is 14.1 Å². The van der Waals surface area contributed by atoms with Gasteiger partial charge in [0, 0.05) is 11.1 Å². The highest BCUT2D eigenvalue weighted by Crippen LogP contribution is 2.13. The molecule has 0 amide bonds. The van der Waals surface area contributed by atoms with E-state index in [1.54, 1.807) is 6.07 Å². The highest BCUT2D eigenvalue weighted by atomic mass is 16.3. The van der Waals surface area contributed by atoms with E-state index in [-0.39, 0.29) is 0 Å². The molecule has 3 nitrogen and oxygen atoms in total. The second kappa shape index (κ2) is 7.81. The minimum Gasteiger partial charge on any atom is -0.507 e. The summed E-state index contributed by atoms with van der Waals surface area (Å²) in [7, 11) is 4.36. The van der Waals surface area contributed by atoms with Crippen LogP contribution in [0.3, 0.4) is 0 Å². The molecule has 0 fully saturated rings. The maximum atomic E-state index is 9.98. The van der Waals surface area contributed by atoms with Crippen molar-refractivity contribution in [3.8, 4) is 5.75 Å². The molecule has 0 aliphatic rings. The highest BCUT2D eigenvalue weighted by Gasteiger charge is 2.14. The fourth-order valence-corrected chi connectivity index (χ4v) is 2.48. The third kappa shape index (κ3) is 5.21. The number of hydrogen-bond acceptors (Lipinski definition) is 1. The quantitative estimate of drug-likeness (QED) is 0.663. The van der Waals surface area contributed by atoms with E-state index >= 15 is 0 Å². The van der Waals surface area contributed by atoms with Crippen LogP contribution in [-0.4, -0.2) is 32.3 Å². The zero-order valence-corrected chi connectivity index (χ0v) is 13.0. The highest BCUT2D eigenvalue weighted by molar-refractivity contribution is 5.30. The topological polar surface area (TPSA) is 29.1 Å². The van der Waals surface area contributed by atoms with Gasteiger partial charge in [-0.1, -0.05) is 42.5 Å². The van der Waals surface area contributed by atoms with Crippen LogP contribution in [0, 0.1) is 0 Å². The van der Waals surface area contributed by atoms with Gasteiger partial charge >= 0.3 is 0 Å². The Morgan fingerprint density at radius 2 is 1.48 bits per heavy atom. The Morgan fingerprint density at radius 3 is 2.14 bits per heavy atom. The number of hydrogen-bond donors (Lipinski definition) is 3. The first kappa shape index (κ1) is 15.5. The molecule has 1 atom stereocenters. The van der Waals surface area contributed by atoms with E-state index in [1.165, 1.54) is 15.4 Å². The van der Waals surface area contributed by atoms with Gasteiger partial charge in [-0.3, -0.25) is 0 Å². The van der Waals surface area contributed by atoms with Gasteiger partial charge in [0.1, 0.15) is 31.9 Å². The maximum Gasteiger partial charge on any atom is 0.127 e. The Kier molecular flexibility index (Phi) is 5.78. The molecule has 0 aliphatic heterocycles. The first-order valence-corrected chi connectivity index (χ1v) is 7.58. The van der Waals surface area contributed by atoms with E-state index in [9.17, 15) is 5.11 Å². The van der Waals surface area contributed by atoms with Gasteiger partial charge in [-0.25, -0.2) is 0 Å². The average Bonchev–Trinajstić information content (AvgIpc) is 2.48. The largest absolute Gasteiger partial charge is 0.507 e. The zero-order chi connectivity index (χ0) is 15.1. The van der Waals surface area contributed by atoms with E-state index in [1.807, 2.05) is 18.2 Å². The smallest absolute Gasteiger partial charge is 0.127 e. The van der Waals surface area contributed by atoms with E-state index < -0.39 is 0 Å². The van der Waals surface area contributed by atoms with Crippen LogP contribution in [0.4, 0.5) is 0 Å². The van der Waals surface area contributed by atoms with Crippen molar-refractivity contribution in [3.05, 3.63) is 65.7 Å². The molecule has 2 aromatic rings. The van der Waals surface area contributed by atoms with Crippen molar-refractivity contribution in [3.63, 3.8) is 0 Å². The third-order valence-electron chi connectivity index (χ3n) is 3.71. The summed E-state index contributed by atoms with van der Waals surface area (Å²) in [5, 5.41) is 9.98. The SMILES string of the molecule is C[NH+](C)CC[NH+](Cc1ccccc1)Cc1ccccc1O. The molecule has 0 aliphatic carbocycles. The molecule has 3 heteroatoms. The van der Waals surface area contributed by atoms with Crippen LogP contribution in [0.25, 0.3) is 0 Å². The summed E-state index contributed by atoms with van der Waals surface area (Å²) in [6.07, 6.45) is 0. The molecule has 0 radical (unpaired) electrons. The van der Waals surface area contributed by atoms with Crippen LogP contribution in [-0.2, 0) is 13.1 Å². The maximum absolute atomic E-state index is 9.98. The lowest BCUT2D eigenvalue weighted by Gasteiger charge is -2.21. The third-order valence-corrected chi connectivity index (χ3v) is 3.71. The number of aromatic hydroxyl groups is 1. The summed E-state index contributed by atoms with van der Waals surface area (Å²) in [5.74, 6) is 0.403. The van der Waals surface area contributed by atoms with Crippen molar-refractivity contribution in [2.75, 3.05) is 27.2 Å². The number of benzene rings is 2. The van der Waals surface area contributed by atoms with Gasteiger partial charge in [-0.2, -0.15) is 0 Å². The number of phenolic OH excluding ortho intramolecular Hbond substituents is 1. The van der Waals surface area contributed by atoms with E-state index in [0.717, 1.165) is 31.7 Å². The molecular formula is C18H26N2O+2. The molecule has 1 unspecified atom stereocenters. The van der Waals surface area contributed by atoms with Gasteiger partial charge in [0.25, 0.3) is 0 Å². The second-order valence-corrected chi connectivity index (χ2v) is 5.92. The predicted octanol–water partition coefficient (Wildman–Crippen LogP) is 0.122. The fourth-order valence-electron chi connectivity index (χ4n) is 2.48. The molecule has 2 aromatic carbocycles. The summed E-state index contributed by atoms with van der Waals surface area (Å²) in [5.41, 5.74) is 2.37. The average molecular weight is 286 g/mol. The van der Waals surface area contributed by atoms with Crippen molar-refractivity contribution in [2.45, 2.75) is 13.1 Å². The lowest BCUT2D eigenvalue weighted by atomic mass is 10.1. The van der Waals surface area contributed by atoms with Crippen LogP contribution in [0.2, 0.25) is 0 Å². The molecule has 0 aromatic heterocycles. The standard InChI is InChI=1S/C18H24N2O/c1-19(2)12-13-20(14-16-8-4-3-5-9-16)15-17-10-6-7-11-18(17)21/h3-11,21H,12-15H2,1-2H3/p+2. The molecular weight excluding hydrogens is 260 g/mol. The van der Waals surface area contributed by atoms with Crippen molar-refractivity contribution in [1.82, 2.24) is 0 Å². The molecule has 0 heterocycles. The Labute approximate surface area is 127 Å². The summed E-state index contributed by atoms with van der Waals surface area (Å²) in [6, 6.07) is 18.2. The summed E-state index contributed by atoms with van der Waals surface area (Å²) in [4.78, 5) is 2.93. The lowest BCUT2D eigenvalue weighted by molar-refractivity contribution is -0.960. The number of nitrogens with one attached hydrogen (secondary N) is 2. The molecule has 0 bridgehead atoms. The van der Waals surface area contributed by atoms with E-state index in [0.29, 0.717) is 5.75 Å². The summed E-state index contributed by atoms with van der Waals surface area (Å²) >= 11 is 0. The van der Waals surface area contributed by atoms with Crippen LogP contribution in [0.15, 0.2) is 54.6 Å². The van der Waals surface area contributed by atoms with Gasteiger partial charge in [0.2, 0.25) is 0 Å². The second-order valence-electron chi connectivity index (χ2n) is 5.92. The molecule has 112 valence electrons. The molecule has 0 spiro atoms. The van der Waals surface area contributed by atoms with Crippen LogP contribution < -0.4 is 9.80 Å². The Morgan fingerprint density at radius 1 is 0.810 bits per heavy atom. The minimum absolute atomic E-state index is 0.403. The van der Waals surface area contributed by atoms with Gasteiger partial charge in [-0.05, 0) is 12.1 Å². The number of phenols is 1. The van der Waals surface area contributed by atoms with Gasteiger partial charge in [-0.15, -0.1) is 0 Å². The molecule has 3 N–H and O–H groups in total. The normalized spacial score (nSPS) is 12.5. The Bertz CT molecular complexity index is 540. The molecule has 0 saturated carbocycles. The zero-order valence-electron chi connectivity index (χ0n) is 13.0. The van der Waals surface area contributed by atoms with Crippen LogP contribution >= 0.6 is 0 Å². The lowest BCUT2D eigenvalue weighted by Crippen LogP contribution is -3.16. The van der Waals surface area contributed by atoms with Crippen LogP contribution in [0.5, 0.6) is 5.75 Å². The predicted molar refractivity (Wildman–Crippen MR) is 85.5 cm³/mol. The van der Waals surface area contributed by atoms with Crippen molar-refractivity contribution < 1.29 is 14.9 Å². The monoisotopic (exact) mass is 286 g/mol. The first-order valence-electron chi connectivity index (χ1n) is 7.58. The van der Waals surface area contributed by atoms with Gasteiger partial charge in [0.15, 0.2) is 0 Å². The number of rotatable bonds is 7. The minimum atomic E-state index is 0.403. The van der Waals surface area contributed by atoms with Crippen molar-refractivity contribution >= 4 is 0 Å². The fraction of sp³-hybridized carbons (Fsp3) is 0.333. The summed E-state index contributed by atoms with van der Waals surface area (Å²) in [6.45, 7) is 4.05. The number of likely N-dealkylation sites (N-methyl/N-ethyl adjacent to an activating group) is 1. The number of quaternary nitrogens is 2.